The first kappa shape index (κ1) is 52.3. The molecule has 342 valence electrons. The molecule has 0 spiro atoms. The van der Waals surface area contributed by atoms with Crippen LogP contribution in [-0.2, 0) is 0 Å². The molecule has 4 rings (SSSR count). The van der Waals surface area contributed by atoms with Gasteiger partial charge in [0.25, 0.3) is 0 Å². The van der Waals surface area contributed by atoms with Gasteiger partial charge in [-0.2, -0.15) is 0 Å². The predicted octanol–water partition coefficient (Wildman–Crippen LogP) is 18.3. The number of hydrogen-bond acceptors (Lipinski definition) is 1. The molecule has 0 N–H and O–H groups in total. The van der Waals surface area contributed by atoms with Gasteiger partial charge in [-0.15, -0.1) is 0 Å². The largest absolute Gasteiger partial charge is 0.242 e. The van der Waals surface area contributed by atoms with Gasteiger partial charge < -0.3 is 0 Å². The van der Waals surface area contributed by atoms with Crippen molar-refractivity contribution >= 4 is 37.4 Å². The maximum atomic E-state index is 3.12. The van der Waals surface area contributed by atoms with Gasteiger partial charge in [-0.3, -0.25) is 0 Å². The Morgan fingerprint density at radius 1 is 0.274 bits per heavy atom. The quantitative estimate of drug-likeness (QED) is 0.0319. The summed E-state index contributed by atoms with van der Waals surface area (Å²) in [6.45, 7) is 4.63. The Morgan fingerprint density at radius 3 is 0.677 bits per heavy atom. The molecule has 0 aliphatic carbocycles. The van der Waals surface area contributed by atoms with E-state index >= 15 is 0 Å². The van der Waals surface area contributed by atoms with Crippen molar-refractivity contribution in [2.24, 2.45) is 0 Å². The molecular weight excluding hydrogens is 785 g/mol. The number of unbranched alkanes of at least 4 members (excludes halogenated alkanes) is 28. The Morgan fingerprint density at radius 2 is 0.468 bits per heavy atom. The highest BCUT2D eigenvalue weighted by atomic mass is 31.2. The van der Waals surface area contributed by atoms with Gasteiger partial charge in [-0.25, -0.2) is 4.44 Å². The summed E-state index contributed by atoms with van der Waals surface area (Å²) in [6, 6.07) is 46.9. The van der Waals surface area contributed by atoms with Gasteiger partial charge in [-0.1, -0.05) is 328 Å². The van der Waals surface area contributed by atoms with Crippen LogP contribution in [0.5, 0.6) is 0 Å². The van der Waals surface area contributed by atoms with Crippen LogP contribution in [0, 0.1) is 0 Å². The third-order valence-corrected chi connectivity index (χ3v) is 18.7. The highest BCUT2D eigenvalue weighted by Gasteiger charge is 2.36. The molecule has 4 aromatic carbocycles. The van der Waals surface area contributed by atoms with Gasteiger partial charge >= 0.3 is 0 Å². The summed E-state index contributed by atoms with van der Waals surface area (Å²) >= 11 is 0. The Bertz CT molecular complexity index is 1350. The second-order valence-electron chi connectivity index (χ2n) is 18.4. The van der Waals surface area contributed by atoms with Crippen molar-refractivity contribution in [1.29, 1.82) is 0 Å². The molecule has 0 aromatic heterocycles. The first-order valence-corrected chi connectivity index (χ1v) is 29.0. The first-order valence-electron chi connectivity index (χ1n) is 26.4. The predicted molar refractivity (Wildman–Crippen MR) is 283 cm³/mol. The lowest BCUT2D eigenvalue weighted by atomic mass is 10.00. The molecular formula is C59H91NP2. The minimum absolute atomic E-state index is 0.525. The molecule has 1 nitrogen and oxygen atoms in total. The van der Waals surface area contributed by atoms with Crippen molar-refractivity contribution in [3.05, 3.63) is 121 Å². The van der Waals surface area contributed by atoms with Gasteiger partial charge in [-0.05, 0) is 34.1 Å². The Labute approximate surface area is 386 Å². The molecule has 0 bridgehead atoms. The molecule has 0 radical (unpaired) electrons. The zero-order chi connectivity index (χ0) is 43.4. The summed E-state index contributed by atoms with van der Waals surface area (Å²) in [7, 11) is -1.53. The number of nitrogens with zero attached hydrogens (tertiary/aromatic N) is 1. The summed E-state index contributed by atoms with van der Waals surface area (Å²) in [4.78, 5) is 0. The summed E-state index contributed by atoms with van der Waals surface area (Å²) in [5, 5.41) is 5.91. The fourth-order valence-corrected chi connectivity index (χ4v) is 15.8. The lowest BCUT2D eigenvalue weighted by molar-refractivity contribution is 0.393. The third-order valence-electron chi connectivity index (χ3n) is 13.0. The maximum Gasteiger partial charge on any atom is 0.0325 e. The van der Waals surface area contributed by atoms with E-state index in [1.165, 1.54) is 227 Å². The monoisotopic (exact) mass is 876 g/mol. The minimum atomic E-state index is -0.765. The highest BCUT2D eigenvalue weighted by molar-refractivity contribution is 7.84. The minimum Gasteiger partial charge on any atom is -0.242 e. The van der Waals surface area contributed by atoms with Gasteiger partial charge in [0.05, 0.1) is 0 Å². The first-order chi connectivity index (χ1) is 30.8. The Hall–Kier alpha value is -2.30. The van der Waals surface area contributed by atoms with Crippen LogP contribution < -0.4 is 21.2 Å². The Balaban J connectivity index is 1.42. The van der Waals surface area contributed by atoms with Crippen molar-refractivity contribution in [3.8, 4) is 0 Å². The average molecular weight is 876 g/mol. The van der Waals surface area contributed by atoms with Crippen molar-refractivity contribution in [2.75, 3.05) is 0 Å². The van der Waals surface area contributed by atoms with E-state index in [9.17, 15) is 0 Å². The summed E-state index contributed by atoms with van der Waals surface area (Å²) in [6.07, 6.45) is 45.1. The van der Waals surface area contributed by atoms with Gasteiger partial charge in [0, 0.05) is 22.2 Å². The van der Waals surface area contributed by atoms with E-state index < -0.39 is 16.1 Å². The SMILES string of the molecule is CCCCCCCCCCCCCCCCCC(CCCCCCCCCCCCCCCCC)N(P(c1ccccc1)c1ccccc1)P(c1ccccc1)c1ccccc1. The topological polar surface area (TPSA) is 3.24 Å². The van der Waals surface area contributed by atoms with E-state index in [1.807, 2.05) is 0 Å². The molecule has 3 heteroatoms. The molecule has 0 unspecified atom stereocenters. The molecule has 0 amide bonds. The average Bonchev–Trinajstić information content (AvgIpc) is 3.32. The van der Waals surface area contributed by atoms with Gasteiger partial charge in [0.1, 0.15) is 0 Å². The second-order valence-corrected chi connectivity index (χ2v) is 22.9. The van der Waals surface area contributed by atoms with Crippen LogP contribution >= 0.6 is 16.1 Å². The van der Waals surface area contributed by atoms with Crippen molar-refractivity contribution < 1.29 is 0 Å². The summed E-state index contributed by atoms with van der Waals surface area (Å²) in [5.74, 6) is 0. The van der Waals surface area contributed by atoms with Crippen LogP contribution in [0.1, 0.15) is 219 Å². The van der Waals surface area contributed by atoms with E-state index in [0.29, 0.717) is 6.04 Å². The van der Waals surface area contributed by atoms with Crippen LogP contribution in [0.15, 0.2) is 121 Å². The van der Waals surface area contributed by atoms with Crippen LogP contribution in [-0.4, -0.2) is 10.5 Å². The molecule has 0 atom stereocenters. The molecule has 0 heterocycles. The number of hydrogen-bond donors (Lipinski definition) is 0. The number of rotatable bonds is 39. The van der Waals surface area contributed by atoms with E-state index in [0.717, 1.165) is 0 Å². The van der Waals surface area contributed by atoms with Gasteiger partial charge in [0.2, 0.25) is 0 Å². The Kier molecular flexibility index (Phi) is 30.4. The van der Waals surface area contributed by atoms with Crippen molar-refractivity contribution in [2.45, 2.75) is 225 Å². The second kappa shape index (κ2) is 36.0. The normalized spacial score (nSPS) is 11.8. The van der Waals surface area contributed by atoms with Crippen LogP contribution in [0.4, 0.5) is 0 Å². The van der Waals surface area contributed by atoms with E-state index in [2.05, 4.69) is 140 Å². The smallest absolute Gasteiger partial charge is 0.0325 e. The maximum absolute atomic E-state index is 3.12. The fourth-order valence-electron chi connectivity index (χ4n) is 9.34. The lowest BCUT2D eigenvalue weighted by Gasteiger charge is -2.44. The van der Waals surface area contributed by atoms with Crippen LogP contribution in [0.25, 0.3) is 0 Å². The summed E-state index contributed by atoms with van der Waals surface area (Å²) < 4.78 is 3.12. The molecule has 0 saturated heterocycles. The zero-order valence-corrected chi connectivity index (χ0v) is 41.9. The molecule has 0 aliphatic heterocycles. The van der Waals surface area contributed by atoms with E-state index in [-0.39, 0.29) is 0 Å². The van der Waals surface area contributed by atoms with Crippen molar-refractivity contribution in [3.63, 3.8) is 0 Å². The summed E-state index contributed by atoms with van der Waals surface area (Å²) in [5.41, 5.74) is 0. The lowest BCUT2D eigenvalue weighted by Crippen LogP contribution is -2.38. The molecule has 0 fully saturated rings. The van der Waals surface area contributed by atoms with Gasteiger partial charge in [0.15, 0.2) is 0 Å². The molecule has 0 saturated carbocycles. The van der Waals surface area contributed by atoms with Crippen LogP contribution in [0.2, 0.25) is 0 Å². The fraction of sp³-hybridized carbons (Fsp3) is 0.593. The standard InChI is InChI=1S/C59H91NP2/c1-3-5-7-9-11-13-15-17-19-21-23-25-27-29-35-45-55(46-36-30-28-26-24-22-20-18-16-14-12-10-8-6-4-2)60(61(56-47-37-31-38-48-56)57-49-39-32-40-50-57)62(58-51-41-33-42-52-58)59-53-43-34-44-54-59/h31-34,37-44,47-55H,3-30,35-36,45-46H2,1-2H3. The molecule has 62 heavy (non-hydrogen) atoms. The van der Waals surface area contributed by atoms with E-state index in [4.69, 9.17) is 0 Å². The zero-order valence-electron chi connectivity index (χ0n) is 40.1. The molecule has 0 aliphatic rings. The highest BCUT2D eigenvalue weighted by Crippen LogP contribution is 2.57. The van der Waals surface area contributed by atoms with Crippen LogP contribution in [0.3, 0.4) is 0 Å². The van der Waals surface area contributed by atoms with Crippen molar-refractivity contribution in [1.82, 2.24) is 4.44 Å². The number of benzene rings is 4. The third kappa shape index (κ3) is 22.1. The van der Waals surface area contributed by atoms with E-state index in [1.54, 1.807) is 0 Å². The molecule has 4 aromatic rings.